The summed E-state index contributed by atoms with van der Waals surface area (Å²) in [6.45, 7) is 2.90. The highest BCUT2D eigenvalue weighted by atomic mass is 16.5. The van der Waals surface area contributed by atoms with Gasteiger partial charge in [-0.15, -0.1) is 0 Å². The van der Waals surface area contributed by atoms with Crippen LogP contribution in [0.15, 0.2) is 76.1 Å². The van der Waals surface area contributed by atoms with E-state index in [1.165, 1.54) is 12.3 Å². The summed E-state index contributed by atoms with van der Waals surface area (Å²) in [5, 5.41) is 2.71. The highest BCUT2D eigenvalue weighted by Crippen LogP contribution is 2.20. The van der Waals surface area contributed by atoms with Crippen molar-refractivity contribution in [3.05, 3.63) is 88.5 Å². The molecule has 0 atom stereocenters. The Morgan fingerprint density at radius 3 is 2.48 bits per heavy atom. The van der Waals surface area contributed by atoms with E-state index in [4.69, 9.17) is 13.9 Å². The van der Waals surface area contributed by atoms with E-state index in [2.05, 4.69) is 12.2 Å². The highest BCUT2D eigenvalue weighted by molar-refractivity contribution is 6.03. The van der Waals surface area contributed by atoms with Crippen LogP contribution in [0.1, 0.15) is 35.9 Å². The van der Waals surface area contributed by atoms with Crippen molar-refractivity contribution < 1.29 is 18.7 Å². The second kappa shape index (κ2) is 10.1. The molecular formula is C23H23NO5. The average Bonchev–Trinajstić information content (AvgIpc) is 2.75. The zero-order valence-electron chi connectivity index (χ0n) is 16.2. The van der Waals surface area contributed by atoms with Gasteiger partial charge in [0.1, 0.15) is 12.4 Å². The molecule has 150 valence electrons. The van der Waals surface area contributed by atoms with E-state index >= 15 is 0 Å². The van der Waals surface area contributed by atoms with E-state index in [1.54, 1.807) is 24.3 Å². The van der Waals surface area contributed by atoms with Crippen LogP contribution in [-0.4, -0.2) is 12.5 Å². The van der Waals surface area contributed by atoms with Gasteiger partial charge in [-0.2, -0.15) is 0 Å². The monoisotopic (exact) mass is 393 g/mol. The van der Waals surface area contributed by atoms with Gasteiger partial charge < -0.3 is 19.2 Å². The number of unbranched alkanes of at least 4 members (excludes halogenated alkanes) is 1. The lowest BCUT2D eigenvalue weighted by atomic mass is 10.2. The van der Waals surface area contributed by atoms with Crippen LogP contribution < -0.4 is 20.2 Å². The van der Waals surface area contributed by atoms with Gasteiger partial charge in [-0.05, 0) is 36.2 Å². The lowest BCUT2D eigenvalue weighted by Crippen LogP contribution is -2.18. The maximum Gasteiger partial charge on any atom is 0.295 e. The molecule has 0 radical (unpaired) electrons. The molecule has 0 spiro atoms. The van der Waals surface area contributed by atoms with E-state index in [-0.39, 0.29) is 18.1 Å². The fourth-order valence-electron chi connectivity index (χ4n) is 2.58. The Bertz CT molecular complexity index is 980. The minimum atomic E-state index is -0.564. The van der Waals surface area contributed by atoms with Crippen molar-refractivity contribution in [1.29, 1.82) is 0 Å². The molecule has 0 aliphatic carbocycles. The van der Waals surface area contributed by atoms with Crippen molar-refractivity contribution >= 4 is 11.6 Å². The Labute approximate surface area is 169 Å². The minimum Gasteiger partial charge on any atom is -0.494 e. The maximum absolute atomic E-state index is 12.6. The molecule has 0 fully saturated rings. The third-order valence-corrected chi connectivity index (χ3v) is 4.15. The lowest BCUT2D eigenvalue weighted by Gasteiger charge is -2.10. The second-order valence-electron chi connectivity index (χ2n) is 6.40. The molecule has 1 aromatic heterocycles. The number of carbonyl (C=O) groups is 1. The van der Waals surface area contributed by atoms with Crippen LogP contribution in [0.5, 0.6) is 11.5 Å². The Morgan fingerprint density at radius 2 is 1.76 bits per heavy atom. The largest absolute Gasteiger partial charge is 0.494 e. The summed E-state index contributed by atoms with van der Waals surface area (Å²) >= 11 is 0. The summed E-state index contributed by atoms with van der Waals surface area (Å²) in [6, 6.07) is 17.6. The standard InChI is InChI=1S/C23H23NO5/c1-2-3-14-27-19-11-9-18(10-12-19)24-23(26)22-21(20(25)13-15-28-22)29-16-17-7-5-4-6-8-17/h4-13,15H,2-3,14,16H2,1H3,(H,24,26). The van der Waals surface area contributed by atoms with Gasteiger partial charge in [0, 0.05) is 11.8 Å². The van der Waals surface area contributed by atoms with E-state index in [0.717, 1.165) is 24.2 Å². The van der Waals surface area contributed by atoms with Gasteiger partial charge in [-0.3, -0.25) is 9.59 Å². The van der Waals surface area contributed by atoms with Crippen LogP contribution in [-0.2, 0) is 6.61 Å². The fourth-order valence-corrected chi connectivity index (χ4v) is 2.58. The zero-order valence-corrected chi connectivity index (χ0v) is 16.2. The van der Waals surface area contributed by atoms with Gasteiger partial charge in [-0.1, -0.05) is 43.7 Å². The molecule has 1 heterocycles. The molecule has 0 saturated carbocycles. The molecule has 2 aromatic carbocycles. The summed E-state index contributed by atoms with van der Waals surface area (Å²) in [4.78, 5) is 24.8. The van der Waals surface area contributed by atoms with Crippen molar-refractivity contribution in [2.45, 2.75) is 26.4 Å². The summed E-state index contributed by atoms with van der Waals surface area (Å²) in [5.74, 6) is -0.120. The summed E-state index contributed by atoms with van der Waals surface area (Å²) in [7, 11) is 0. The zero-order chi connectivity index (χ0) is 20.5. The number of hydrogen-bond donors (Lipinski definition) is 1. The van der Waals surface area contributed by atoms with Crippen molar-refractivity contribution in [3.63, 3.8) is 0 Å². The molecule has 1 N–H and O–H groups in total. The fraction of sp³-hybridized carbons (Fsp3) is 0.217. The number of benzene rings is 2. The number of carbonyl (C=O) groups excluding carboxylic acids is 1. The maximum atomic E-state index is 12.6. The number of nitrogens with one attached hydrogen (secondary N) is 1. The van der Waals surface area contributed by atoms with E-state index in [9.17, 15) is 9.59 Å². The predicted molar refractivity (Wildman–Crippen MR) is 111 cm³/mol. The van der Waals surface area contributed by atoms with Crippen molar-refractivity contribution in [2.75, 3.05) is 11.9 Å². The molecule has 0 saturated heterocycles. The predicted octanol–water partition coefficient (Wildman–Crippen LogP) is 4.65. The summed E-state index contributed by atoms with van der Waals surface area (Å²) < 4.78 is 16.5. The van der Waals surface area contributed by atoms with Gasteiger partial charge in [0.2, 0.25) is 16.9 Å². The molecular weight excluding hydrogens is 370 g/mol. The molecule has 29 heavy (non-hydrogen) atoms. The Hall–Kier alpha value is -3.54. The Morgan fingerprint density at radius 1 is 1.00 bits per heavy atom. The number of ether oxygens (including phenoxy) is 2. The molecule has 6 heteroatoms. The Kier molecular flexibility index (Phi) is 7.05. The SMILES string of the molecule is CCCCOc1ccc(NC(=O)c2occc(=O)c2OCc2ccccc2)cc1. The van der Waals surface area contributed by atoms with Crippen LogP contribution in [0, 0.1) is 0 Å². The summed E-state index contributed by atoms with van der Waals surface area (Å²) in [6.07, 6.45) is 3.22. The van der Waals surface area contributed by atoms with E-state index in [0.29, 0.717) is 12.3 Å². The van der Waals surface area contributed by atoms with Gasteiger partial charge in [0.25, 0.3) is 5.91 Å². The third-order valence-electron chi connectivity index (χ3n) is 4.15. The summed E-state index contributed by atoms with van der Waals surface area (Å²) in [5.41, 5.74) is 1.01. The molecule has 1 amide bonds. The highest BCUT2D eigenvalue weighted by Gasteiger charge is 2.19. The van der Waals surface area contributed by atoms with Crippen LogP contribution in [0.2, 0.25) is 0 Å². The van der Waals surface area contributed by atoms with Gasteiger partial charge >= 0.3 is 0 Å². The molecule has 3 aromatic rings. The normalized spacial score (nSPS) is 10.4. The van der Waals surface area contributed by atoms with Crippen molar-refractivity contribution in [2.24, 2.45) is 0 Å². The number of hydrogen-bond acceptors (Lipinski definition) is 5. The average molecular weight is 393 g/mol. The van der Waals surface area contributed by atoms with Crippen LogP contribution in [0.3, 0.4) is 0 Å². The molecule has 3 rings (SSSR count). The topological polar surface area (TPSA) is 77.8 Å². The first-order valence-electron chi connectivity index (χ1n) is 9.50. The lowest BCUT2D eigenvalue weighted by molar-refractivity contribution is 0.0986. The first-order valence-corrected chi connectivity index (χ1v) is 9.50. The molecule has 6 nitrogen and oxygen atoms in total. The van der Waals surface area contributed by atoms with E-state index < -0.39 is 11.3 Å². The van der Waals surface area contributed by atoms with Crippen LogP contribution in [0.25, 0.3) is 0 Å². The third kappa shape index (κ3) is 5.72. The van der Waals surface area contributed by atoms with Crippen molar-refractivity contribution in [3.8, 4) is 11.5 Å². The number of rotatable bonds is 9. The smallest absolute Gasteiger partial charge is 0.295 e. The van der Waals surface area contributed by atoms with Gasteiger partial charge in [-0.25, -0.2) is 0 Å². The Balaban J connectivity index is 1.69. The molecule has 0 aliphatic heterocycles. The van der Waals surface area contributed by atoms with Crippen LogP contribution >= 0.6 is 0 Å². The quantitative estimate of drug-likeness (QED) is 0.536. The van der Waals surface area contributed by atoms with Gasteiger partial charge in [0.15, 0.2) is 0 Å². The molecule has 0 unspecified atom stereocenters. The second-order valence-corrected chi connectivity index (χ2v) is 6.40. The number of anilines is 1. The van der Waals surface area contributed by atoms with Crippen LogP contribution in [0.4, 0.5) is 5.69 Å². The van der Waals surface area contributed by atoms with E-state index in [1.807, 2.05) is 30.3 Å². The first kappa shape index (κ1) is 20.2. The van der Waals surface area contributed by atoms with Gasteiger partial charge in [0.05, 0.1) is 12.9 Å². The van der Waals surface area contributed by atoms with Crippen molar-refractivity contribution in [1.82, 2.24) is 0 Å². The molecule has 0 bridgehead atoms. The minimum absolute atomic E-state index is 0.117. The number of amides is 1. The molecule has 0 aliphatic rings. The first-order chi connectivity index (χ1) is 14.2.